The molecule has 0 atom stereocenters. The number of urea groups is 1. The standard InChI is InChI=1S/C12H18N4O3/c1-8-11(9(2)15(3)14-8)19-6-4-5-16-10(17)7-13-12(16)18/h4-7H2,1-3H3,(H,13,18). The number of imide groups is 1. The molecule has 0 radical (unpaired) electrons. The molecule has 1 fully saturated rings. The van der Waals surface area contributed by atoms with Crippen molar-refractivity contribution in [2.75, 3.05) is 19.7 Å². The van der Waals surface area contributed by atoms with E-state index in [9.17, 15) is 9.59 Å². The minimum Gasteiger partial charge on any atom is -0.490 e. The zero-order valence-electron chi connectivity index (χ0n) is 11.4. The molecular formula is C12H18N4O3. The van der Waals surface area contributed by atoms with Crippen LogP contribution in [0.5, 0.6) is 5.75 Å². The van der Waals surface area contributed by atoms with Crippen LogP contribution in [-0.4, -0.2) is 46.3 Å². The van der Waals surface area contributed by atoms with Gasteiger partial charge in [0.05, 0.1) is 18.8 Å². The Kier molecular flexibility index (Phi) is 3.73. The number of aromatic nitrogens is 2. The van der Waals surface area contributed by atoms with Gasteiger partial charge in [-0.05, 0) is 20.3 Å². The maximum atomic E-state index is 11.3. The minimum atomic E-state index is -0.321. The third-order valence-electron chi connectivity index (χ3n) is 3.15. The van der Waals surface area contributed by atoms with Gasteiger partial charge in [-0.2, -0.15) is 5.10 Å². The van der Waals surface area contributed by atoms with Crippen molar-refractivity contribution in [2.24, 2.45) is 7.05 Å². The second kappa shape index (κ2) is 5.29. The number of carbonyl (C=O) groups is 2. The van der Waals surface area contributed by atoms with Crippen LogP contribution in [0.3, 0.4) is 0 Å². The molecule has 2 rings (SSSR count). The van der Waals surface area contributed by atoms with Gasteiger partial charge in [0.15, 0.2) is 5.75 Å². The van der Waals surface area contributed by atoms with Gasteiger partial charge in [-0.15, -0.1) is 0 Å². The predicted octanol–water partition coefficient (Wildman–Crippen LogP) is 0.358. The molecule has 0 bridgehead atoms. The smallest absolute Gasteiger partial charge is 0.324 e. The third kappa shape index (κ3) is 2.69. The summed E-state index contributed by atoms with van der Waals surface area (Å²) in [5, 5.41) is 6.74. The van der Waals surface area contributed by atoms with E-state index >= 15 is 0 Å². The van der Waals surface area contributed by atoms with E-state index in [1.54, 1.807) is 4.68 Å². The van der Waals surface area contributed by atoms with Crippen LogP contribution in [0.1, 0.15) is 17.8 Å². The Hall–Kier alpha value is -2.05. The van der Waals surface area contributed by atoms with Gasteiger partial charge in [0.25, 0.3) is 0 Å². The number of nitrogens with one attached hydrogen (secondary N) is 1. The number of hydrogen-bond donors (Lipinski definition) is 1. The molecule has 104 valence electrons. The largest absolute Gasteiger partial charge is 0.490 e. The summed E-state index contributed by atoms with van der Waals surface area (Å²) in [5.41, 5.74) is 1.81. The summed E-state index contributed by atoms with van der Waals surface area (Å²) in [7, 11) is 1.86. The van der Waals surface area contributed by atoms with Crippen LogP contribution in [-0.2, 0) is 11.8 Å². The number of amides is 3. The zero-order chi connectivity index (χ0) is 14.0. The quantitative estimate of drug-likeness (QED) is 0.616. The number of ether oxygens (including phenoxy) is 1. The molecule has 1 aliphatic rings. The molecule has 1 aromatic rings. The predicted molar refractivity (Wildman–Crippen MR) is 67.9 cm³/mol. The first kappa shape index (κ1) is 13.4. The zero-order valence-corrected chi connectivity index (χ0v) is 11.4. The molecule has 0 aromatic carbocycles. The van der Waals surface area contributed by atoms with Gasteiger partial charge >= 0.3 is 6.03 Å². The van der Waals surface area contributed by atoms with Crippen LogP contribution >= 0.6 is 0 Å². The lowest BCUT2D eigenvalue weighted by atomic mass is 10.3. The minimum absolute atomic E-state index is 0.0977. The van der Waals surface area contributed by atoms with Crippen molar-refractivity contribution in [3.8, 4) is 5.75 Å². The Balaban J connectivity index is 1.81. The van der Waals surface area contributed by atoms with E-state index in [1.807, 2.05) is 20.9 Å². The van der Waals surface area contributed by atoms with Crippen molar-refractivity contribution in [1.82, 2.24) is 20.0 Å². The lowest BCUT2D eigenvalue weighted by Gasteiger charge is -2.12. The fraction of sp³-hybridized carbons (Fsp3) is 0.583. The molecule has 3 amide bonds. The number of aryl methyl sites for hydroxylation is 2. The van der Waals surface area contributed by atoms with Crippen molar-refractivity contribution >= 4 is 11.9 Å². The third-order valence-corrected chi connectivity index (χ3v) is 3.15. The fourth-order valence-electron chi connectivity index (χ4n) is 2.04. The first-order chi connectivity index (χ1) is 9.00. The highest BCUT2D eigenvalue weighted by atomic mass is 16.5. The lowest BCUT2D eigenvalue weighted by Crippen LogP contribution is -2.32. The van der Waals surface area contributed by atoms with Crippen LogP contribution in [0.4, 0.5) is 4.79 Å². The van der Waals surface area contributed by atoms with Gasteiger partial charge < -0.3 is 10.1 Å². The summed E-state index contributed by atoms with van der Waals surface area (Å²) >= 11 is 0. The van der Waals surface area contributed by atoms with Crippen LogP contribution in [0.15, 0.2) is 0 Å². The molecule has 0 saturated carbocycles. The van der Waals surface area contributed by atoms with E-state index < -0.39 is 0 Å². The molecule has 2 heterocycles. The van der Waals surface area contributed by atoms with Crippen molar-refractivity contribution < 1.29 is 14.3 Å². The topological polar surface area (TPSA) is 76.5 Å². The van der Waals surface area contributed by atoms with E-state index in [0.29, 0.717) is 19.6 Å². The average molecular weight is 266 g/mol. The van der Waals surface area contributed by atoms with E-state index in [1.165, 1.54) is 4.90 Å². The van der Waals surface area contributed by atoms with Gasteiger partial charge in [-0.1, -0.05) is 0 Å². The van der Waals surface area contributed by atoms with Crippen LogP contribution in [0, 0.1) is 13.8 Å². The first-order valence-corrected chi connectivity index (χ1v) is 6.22. The molecule has 0 aliphatic carbocycles. The van der Waals surface area contributed by atoms with Gasteiger partial charge in [0, 0.05) is 13.6 Å². The molecule has 7 heteroatoms. The maximum Gasteiger partial charge on any atom is 0.324 e. The summed E-state index contributed by atoms with van der Waals surface area (Å²) in [6, 6.07) is -0.321. The normalized spacial score (nSPS) is 15.0. The van der Waals surface area contributed by atoms with Crippen LogP contribution < -0.4 is 10.1 Å². The Morgan fingerprint density at radius 2 is 2.11 bits per heavy atom. The number of rotatable bonds is 5. The second-order valence-electron chi connectivity index (χ2n) is 4.53. The number of nitrogens with zero attached hydrogens (tertiary/aromatic N) is 3. The fourth-order valence-corrected chi connectivity index (χ4v) is 2.04. The summed E-state index contributed by atoms with van der Waals surface area (Å²) in [5.74, 6) is 0.596. The van der Waals surface area contributed by atoms with E-state index in [2.05, 4.69) is 10.4 Å². The van der Waals surface area contributed by atoms with Gasteiger partial charge in [0.1, 0.15) is 5.69 Å². The molecule has 0 unspecified atom stereocenters. The van der Waals surface area contributed by atoms with Gasteiger partial charge in [-0.25, -0.2) is 4.79 Å². The van der Waals surface area contributed by atoms with Gasteiger partial charge in [0.2, 0.25) is 5.91 Å². The highest BCUT2D eigenvalue weighted by molar-refractivity contribution is 6.01. The number of carbonyl (C=O) groups excluding carboxylic acids is 2. The summed E-state index contributed by atoms with van der Waals surface area (Å²) in [6.45, 7) is 4.75. The SMILES string of the molecule is Cc1nn(C)c(C)c1OCCCN1C(=O)CNC1=O. The number of hydrogen-bond acceptors (Lipinski definition) is 4. The molecule has 7 nitrogen and oxygen atoms in total. The Labute approximate surface area is 111 Å². The molecule has 1 aromatic heterocycles. The highest BCUT2D eigenvalue weighted by Crippen LogP contribution is 2.21. The first-order valence-electron chi connectivity index (χ1n) is 6.22. The molecule has 19 heavy (non-hydrogen) atoms. The van der Waals surface area contributed by atoms with E-state index in [4.69, 9.17) is 4.74 Å². The Bertz CT molecular complexity index is 493. The highest BCUT2D eigenvalue weighted by Gasteiger charge is 2.27. The van der Waals surface area contributed by atoms with Crippen molar-refractivity contribution in [3.63, 3.8) is 0 Å². The van der Waals surface area contributed by atoms with Crippen LogP contribution in [0.2, 0.25) is 0 Å². The second-order valence-corrected chi connectivity index (χ2v) is 4.53. The Morgan fingerprint density at radius 3 is 2.63 bits per heavy atom. The molecule has 1 N–H and O–H groups in total. The van der Waals surface area contributed by atoms with Crippen LogP contribution in [0.25, 0.3) is 0 Å². The van der Waals surface area contributed by atoms with Crippen molar-refractivity contribution in [1.29, 1.82) is 0 Å². The molecule has 1 aliphatic heterocycles. The molecule has 0 spiro atoms. The summed E-state index contributed by atoms with van der Waals surface area (Å²) in [4.78, 5) is 23.9. The molecular weight excluding hydrogens is 248 g/mol. The molecule has 1 saturated heterocycles. The average Bonchev–Trinajstić information content (AvgIpc) is 2.80. The van der Waals surface area contributed by atoms with E-state index in [-0.39, 0.29) is 18.5 Å². The van der Waals surface area contributed by atoms with Crippen molar-refractivity contribution in [3.05, 3.63) is 11.4 Å². The van der Waals surface area contributed by atoms with E-state index in [0.717, 1.165) is 17.1 Å². The lowest BCUT2D eigenvalue weighted by molar-refractivity contribution is -0.125. The van der Waals surface area contributed by atoms with Gasteiger partial charge in [-0.3, -0.25) is 14.4 Å². The van der Waals surface area contributed by atoms with Crippen molar-refractivity contribution in [2.45, 2.75) is 20.3 Å². The summed E-state index contributed by atoms with van der Waals surface area (Å²) in [6.07, 6.45) is 0.604. The maximum absolute atomic E-state index is 11.3. The Morgan fingerprint density at radius 1 is 1.37 bits per heavy atom. The summed E-state index contributed by atoms with van der Waals surface area (Å²) < 4.78 is 7.43. The monoisotopic (exact) mass is 266 g/mol.